The quantitative estimate of drug-likeness (QED) is 0.0425. The van der Waals surface area contributed by atoms with Crippen molar-refractivity contribution >= 4 is 11.9 Å². The first-order valence-corrected chi connectivity index (χ1v) is 15.5. The van der Waals surface area contributed by atoms with Gasteiger partial charge in [-0.3, -0.25) is 9.59 Å². The van der Waals surface area contributed by atoms with Gasteiger partial charge in [0.2, 0.25) is 23.3 Å². The van der Waals surface area contributed by atoms with Gasteiger partial charge < -0.3 is 79.3 Å². The van der Waals surface area contributed by atoms with Gasteiger partial charge in [0.1, 0.15) is 31.5 Å². The molecule has 0 spiro atoms. The van der Waals surface area contributed by atoms with Crippen molar-refractivity contribution < 1.29 is 83.6 Å². The van der Waals surface area contributed by atoms with E-state index in [0.29, 0.717) is 12.8 Å². The summed E-state index contributed by atoms with van der Waals surface area (Å²) in [6.07, 6.45) is -3.83. The molecule has 18 heteroatoms. The molecule has 18 nitrogen and oxygen atoms in total. The summed E-state index contributed by atoms with van der Waals surface area (Å²) in [5.41, 5.74) is 0. The van der Waals surface area contributed by atoms with Crippen LogP contribution >= 0.6 is 0 Å². The second-order valence-corrected chi connectivity index (χ2v) is 10.1. The van der Waals surface area contributed by atoms with Crippen molar-refractivity contribution in [3.63, 3.8) is 0 Å². The molecule has 6 atom stereocenters. The summed E-state index contributed by atoms with van der Waals surface area (Å²) in [4.78, 5) is 23.0. The molecule has 1 heterocycles. The van der Waals surface area contributed by atoms with Gasteiger partial charge in [0, 0.05) is 27.7 Å². The van der Waals surface area contributed by atoms with Crippen LogP contribution in [0.2, 0.25) is 0 Å². The van der Waals surface area contributed by atoms with Crippen LogP contribution in [0.4, 0.5) is 0 Å². The third-order valence-electron chi connectivity index (χ3n) is 7.03. The highest BCUT2D eigenvalue weighted by Gasteiger charge is 2.53. The standard InChI is InChI=1S/C19H37NO12.C8H16O5.C2H6.CH4/c1-4-14(8-29-17(27)6-5-16(26)20-2)31-19(12-24,13-25)30-9-15(7-21)32-18(10-22,11-23)28-3;1-3-5-6(10)7(11)8(4-9,12-2)13-5;1-2;/h14-15,21-25H,4-13H2,1-3H3,(H,20,26);5-7,9-11H,3-4H2,1-2H3;1-2H3;1H4/t14-,15+;5-,6-,7-,8-;;/m11../s1. The smallest absolute Gasteiger partial charge is 0.306 e. The number of esters is 1. The minimum absolute atomic E-state index is 0. The van der Waals surface area contributed by atoms with Crippen LogP contribution in [-0.2, 0) is 42.7 Å². The molecule has 1 amide bonds. The second kappa shape index (κ2) is 27.1. The maximum Gasteiger partial charge on any atom is 0.306 e. The number of hydrogen-bond donors (Lipinski definition) is 9. The van der Waals surface area contributed by atoms with Crippen molar-refractivity contribution in [2.75, 3.05) is 74.1 Å². The average Bonchev–Trinajstić information content (AvgIpc) is 3.38. The number of carbonyl (C=O) groups is 2. The number of aliphatic hydroxyl groups excluding tert-OH is 8. The molecule has 0 unspecified atom stereocenters. The van der Waals surface area contributed by atoms with E-state index in [9.17, 15) is 45.3 Å². The SMILES string of the molecule is C.CC.CC[C@H](COC(=O)CCC(=O)NC)OC(CO)(CO)OC[C@H](CO)OC(CO)(CO)OC.CC[C@H]1O[C@@](CO)(OC)[C@H](O)[C@@H]1O. The highest BCUT2D eigenvalue weighted by molar-refractivity contribution is 5.80. The lowest BCUT2D eigenvalue weighted by atomic mass is 10.0. The lowest BCUT2D eigenvalue weighted by molar-refractivity contribution is -0.324. The molecule has 0 aromatic heterocycles. The van der Waals surface area contributed by atoms with E-state index < -0.39 is 100 Å². The summed E-state index contributed by atoms with van der Waals surface area (Å²) in [6.45, 7) is 2.87. The van der Waals surface area contributed by atoms with E-state index in [4.69, 9.17) is 38.3 Å². The van der Waals surface area contributed by atoms with Gasteiger partial charge in [-0.1, -0.05) is 35.1 Å². The van der Waals surface area contributed by atoms with Crippen LogP contribution in [0.5, 0.6) is 0 Å². The Hall–Kier alpha value is -1.62. The van der Waals surface area contributed by atoms with E-state index in [0.717, 1.165) is 0 Å². The van der Waals surface area contributed by atoms with Crippen LogP contribution in [0.3, 0.4) is 0 Å². The zero-order valence-corrected chi connectivity index (χ0v) is 28.6. The van der Waals surface area contributed by atoms with E-state index in [2.05, 4.69) is 5.32 Å². The van der Waals surface area contributed by atoms with Crippen LogP contribution in [0.25, 0.3) is 0 Å². The molecule has 0 aliphatic carbocycles. The van der Waals surface area contributed by atoms with Gasteiger partial charge in [0.25, 0.3) is 0 Å². The highest BCUT2D eigenvalue weighted by atomic mass is 16.8. The topological polar surface area (TPSA) is 273 Å². The Morgan fingerprint density at radius 1 is 0.875 bits per heavy atom. The summed E-state index contributed by atoms with van der Waals surface area (Å²) in [5.74, 6) is -6.08. The monoisotopic (exact) mass is 709 g/mol. The number of nitrogens with one attached hydrogen (secondary N) is 1. The molecule has 290 valence electrons. The van der Waals surface area contributed by atoms with Gasteiger partial charge in [-0.05, 0) is 12.8 Å². The number of hydrogen-bond acceptors (Lipinski definition) is 17. The van der Waals surface area contributed by atoms with E-state index >= 15 is 0 Å². The van der Waals surface area contributed by atoms with Crippen LogP contribution in [0.1, 0.15) is 60.8 Å². The molecule has 0 saturated carbocycles. The van der Waals surface area contributed by atoms with Crippen LogP contribution in [0, 0.1) is 0 Å². The zero-order chi connectivity index (χ0) is 36.7. The molecule has 1 rings (SSSR count). The predicted octanol–water partition coefficient (Wildman–Crippen LogP) is -2.23. The summed E-state index contributed by atoms with van der Waals surface area (Å²) >= 11 is 0. The first kappa shape index (κ1) is 50.8. The molecule has 0 radical (unpaired) electrons. The predicted molar refractivity (Wildman–Crippen MR) is 170 cm³/mol. The Kier molecular flexibility index (Phi) is 28.7. The fraction of sp³-hybridized carbons (Fsp3) is 0.933. The molecule has 48 heavy (non-hydrogen) atoms. The molecule has 0 aromatic carbocycles. The van der Waals surface area contributed by atoms with Crippen molar-refractivity contribution in [1.82, 2.24) is 5.32 Å². The maximum atomic E-state index is 11.8. The van der Waals surface area contributed by atoms with E-state index in [1.54, 1.807) is 6.92 Å². The van der Waals surface area contributed by atoms with E-state index in [1.807, 2.05) is 20.8 Å². The Bertz CT molecular complexity index is 800. The average molecular weight is 710 g/mol. The molecule has 1 aliphatic rings. The highest BCUT2D eigenvalue weighted by Crippen LogP contribution is 2.33. The Morgan fingerprint density at radius 3 is 1.77 bits per heavy atom. The minimum Gasteiger partial charge on any atom is -0.463 e. The largest absolute Gasteiger partial charge is 0.463 e. The Morgan fingerprint density at radius 2 is 1.42 bits per heavy atom. The van der Waals surface area contributed by atoms with Crippen molar-refractivity contribution in [3.05, 3.63) is 0 Å². The van der Waals surface area contributed by atoms with Gasteiger partial charge in [-0.25, -0.2) is 0 Å². The summed E-state index contributed by atoms with van der Waals surface area (Å²) in [5, 5.41) is 78.2. The molecule has 9 N–H and O–H groups in total. The van der Waals surface area contributed by atoms with Crippen molar-refractivity contribution in [2.24, 2.45) is 0 Å². The number of methoxy groups -OCH3 is 2. The first-order chi connectivity index (χ1) is 22.3. The number of rotatable bonds is 22. The summed E-state index contributed by atoms with van der Waals surface area (Å²) in [7, 11) is 3.97. The fourth-order valence-corrected chi connectivity index (χ4v) is 3.91. The number of aliphatic hydroxyl groups is 8. The Labute approximate surface area is 283 Å². The third kappa shape index (κ3) is 15.9. The molecule has 1 saturated heterocycles. The van der Waals surface area contributed by atoms with Gasteiger partial charge in [-0.15, -0.1) is 0 Å². The zero-order valence-electron chi connectivity index (χ0n) is 28.6. The van der Waals surface area contributed by atoms with Gasteiger partial charge in [-0.2, -0.15) is 0 Å². The lowest BCUT2D eigenvalue weighted by Gasteiger charge is -2.36. The van der Waals surface area contributed by atoms with Crippen molar-refractivity contribution in [1.29, 1.82) is 0 Å². The molecule has 0 aromatic rings. The molecular weight excluding hydrogens is 646 g/mol. The molecule has 1 fully saturated rings. The van der Waals surface area contributed by atoms with E-state index in [-0.39, 0.29) is 32.8 Å². The number of carbonyl (C=O) groups excluding carboxylic acids is 2. The van der Waals surface area contributed by atoms with E-state index in [1.165, 1.54) is 21.3 Å². The fourth-order valence-electron chi connectivity index (χ4n) is 3.91. The van der Waals surface area contributed by atoms with Gasteiger partial charge in [0.15, 0.2) is 0 Å². The lowest BCUT2D eigenvalue weighted by Crippen LogP contribution is -2.51. The van der Waals surface area contributed by atoms with Crippen LogP contribution in [-0.4, -0.2) is 175 Å². The van der Waals surface area contributed by atoms with Gasteiger partial charge >= 0.3 is 5.97 Å². The molecule has 1 aliphatic heterocycles. The minimum atomic E-state index is -1.92. The second-order valence-electron chi connectivity index (χ2n) is 10.1. The summed E-state index contributed by atoms with van der Waals surface area (Å²) < 4.78 is 36.6. The van der Waals surface area contributed by atoms with Crippen molar-refractivity contribution in [2.45, 2.75) is 109 Å². The Balaban J connectivity index is -0.00000105. The number of amides is 1. The summed E-state index contributed by atoms with van der Waals surface area (Å²) in [6, 6.07) is 0. The van der Waals surface area contributed by atoms with Crippen molar-refractivity contribution in [3.8, 4) is 0 Å². The van der Waals surface area contributed by atoms with Gasteiger partial charge in [0.05, 0.1) is 58.3 Å². The number of ether oxygens (including phenoxy) is 7. The maximum absolute atomic E-state index is 11.8. The third-order valence-corrected chi connectivity index (χ3v) is 7.03. The van der Waals surface area contributed by atoms with Crippen LogP contribution in [0.15, 0.2) is 0 Å². The van der Waals surface area contributed by atoms with Crippen LogP contribution < -0.4 is 5.32 Å². The first-order valence-electron chi connectivity index (χ1n) is 15.5. The normalized spacial score (nSPS) is 21.9. The molecule has 0 bridgehead atoms. The molecular formula is C30H63NO17.